The van der Waals surface area contributed by atoms with Crippen LogP contribution < -0.4 is 5.32 Å². The van der Waals surface area contributed by atoms with Crippen molar-refractivity contribution in [3.05, 3.63) is 51.0 Å². The van der Waals surface area contributed by atoms with Crippen molar-refractivity contribution in [3.63, 3.8) is 0 Å². The highest BCUT2D eigenvalue weighted by atomic mass is 32.1. The Morgan fingerprint density at radius 1 is 1.40 bits per heavy atom. The summed E-state index contributed by atoms with van der Waals surface area (Å²) < 4.78 is 0. The Morgan fingerprint density at radius 3 is 3.10 bits per heavy atom. The SMILES string of the molecule is CNCC1CCCc2sc(Cc3cccc(C)c3)nc21. The average Bonchev–Trinajstić information content (AvgIpc) is 2.82. The molecule has 0 saturated heterocycles. The summed E-state index contributed by atoms with van der Waals surface area (Å²) in [5.74, 6) is 0.617. The quantitative estimate of drug-likeness (QED) is 0.927. The van der Waals surface area contributed by atoms with Gasteiger partial charge in [-0.15, -0.1) is 11.3 Å². The van der Waals surface area contributed by atoms with Gasteiger partial charge in [-0.2, -0.15) is 0 Å². The molecular formula is C17H22N2S. The minimum Gasteiger partial charge on any atom is -0.319 e. The molecule has 0 saturated carbocycles. The number of thiazole rings is 1. The monoisotopic (exact) mass is 286 g/mol. The summed E-state index contributed by atoms with van der Waals surface area (Å²) in [4.78, 5) is 6.48. The molecule has 1 aliphatic carbocycles. The number of hydrogen-bond donors (Lipinski definition) is 1. The van der Waals surface area contributed by atoms with E-state index in [4.69, 9.17) is 4.98 Å². The second-order valence-electron chi connectivity index (χ2n) is 5.73. The second kappa shape index (κ2) is 6.06. The first-order valence-corrected chi connectivity index (χ1v) is 8.26. The number of fused-ring (bicyclic) bond motifs is 1. The molecule has 1 heterocycles. The van der Waals surface area contributed by atoms with Gasteiger partial charge in [0.15, 0.2) is 0 Å². The van der Waals surface area contributed by atoms with Gasteiger partial charge in [-0.05, 0) is 38.8 Å². The molecule has 0 aliphatic heterocycles. The predicted molar refractivity (Wildman–Crippen MR) is 85.7 cm³/mol. The van der Waals surface area contributed by atoms with Crippen LogP contribution in [0.15, 0.2) is 24.3 Å². The van der Waals surface area contributed by atoms with Crippen LogP contribution in [0.5, 0.6) is 0 Å². The molecule has 1 aromatic heterocycles. The minimum atomic E-state index is 0.617. The van der Waals surface area contributed by atoms with E-state index in [1.54, 1.807) is 0 Å². The highest BCUT2D eigenvalue weighted by molar-refractivity contribution is 7.11. The van der Waals surface area contributed by atoms with Gasteiger partial charge in [0, 0.05) is 23.8 Å². The van der Waals surface area contributed by atoms with Gasteiger partial charge in [0.2, 0.25) is 0 Å². The largest absolute Gasteiger partial charge is 0.319 e. The second-order valence-corrected chi connectivity index (χ2v) is 6.90. The molecule has 3 rings (SSSR count). The van der Waals surface area contributed by atoms with E-state index in [-0.39, 0.29) is 0 Å². The number of likely N-dealkylation sites (N-methyl/N-ethyl adjacent to an activating group) is 1. The van der Waals surface area contributed by atoms with Crippen molar-refractivity contribution < 1.29 is 0 Å². The lowest BCUT2D eigenvalue weighted by Gasteiger charge is -2.20. The van der Waals surface area contributed by atoms with Gasteiger partial charge in [0.05, 0.1) is 10.7 Å². The summed E-state index contributed by atoms with van der Waals surface area (Å²) >= 11 is 1.93. The fourth-order valence-electron chi connectivity index (χ4n) is 3.08. The Morgan fingerprint density at radius 2 is 2.30 bits per heavy atom. The zero-order valence-electron chi connectivity index (χ0n) is 12.3. The Labute approximate surface area is 125 Å². The highest BCUT2D eigenvalue weighted by Gasteiger charge is 2.24. The lowest BCUT2D eigenvalue weighted by atomic mass is 9.91. The maximum atomic E-state index is 4.95. The lowest BCUT2D eigenvalue weighted by molar-refractivity contribution is 0.522. The summed E-state index contributed by atoms with van der Waals surface area (Å²) in [7, 11) is 2.04. The van der Waals surface area contributed by atoms with E-state index in [9.17, 15) is 0 Å². The predicted octanol–water partition coefficient (Wildman–Crippen LogP) is 3.68. The summed E-state index contributed by atoms with van der Waals surface area (Å²) in [6.07, 6.45) is 4.79. The van der Waals surface area contributed by atoms with E-state index in [0.717, 1.165) is 13.0 Å². The molecule has 106 valence electrons. The number of aryl methyl sites for hydroxylation is 2. The van der Waals surface area contributed by atoms with Crippen molar-refractivity contribution in [1.29, 1.82) is 0 Å². The van der Waals surface area contributed by atoms with Crippen molar-refractivity contribution in [3.8, 4) is 0 Å². The fourth-order valence-corrected chi connectivity index (χ4v) is 4.31. The fraction of sp³-hybridized carbons (Fsp3) is 0.471. The smallest absolute Gasteiger partial charge is 0.0975 e. The maximum absolute atomic E-state index is 4.95. The molecule has 2 nitrogen and oxygen atoms in total. The van der Waals surface area contributed by atoms with E-state index >= 15 is 0 Å². The molecule has 20 heavy (non-hydrogen) atoms. The molecule has 0 spiro atoms. The highest BCUT2D eigenvalue weighted by Crippen LogP contribution is 2.35. The van der Waals surface area contributed by atoms with Crippen LogP contribution in [0.25, 0.3) is 0 Å². The first-order chi connectivity index (χ1) is 9.76. The molecule has 0 amide bonds. The third kappa shape index (κ3) is 2.94. The van der Waals surface area contributed by atoms with Crippen LogP contribution >= 0.6 is 11.3 Å². The van der Waals surface area contributed by atoms with Crippen molar-refractivity contribution in [2.24, 2.45) is 0 Å². The summed E-state index contributed by atoms with van der Waals surface area (Å²) in [5, 5.41) is 4.59. The van der Waals surface area contributed by atoms with Crippen LogP contribution in [-0.2, 0) is 12.8 Å². The lowest BCUT2D eigenvalue weighted by Crippen LogP contribution is -2.21. The van der Waals surface area contributed by atoms with Crippen LogP contribution in [0.3, 0.4) is 0 Å². The molecule has 1 aromatic carbocycles. The van der Waals surface area contributed by atoms with E-state index in [0.29, 0.717) is 5.92 Å². The van der Waals surface area contributed by atoms with Crippen LogP contribution in [0, 0.1) is 6.92 Å². The molecule has 3 heteroatoms. The number of nitrogens with zero attached hydrogens (tertiary/aromatic N) is 1. The van der Waals surface area contributed by atoms with Gasteiger partial charge >= 0.3 is 0 Å². The minimum absolute atomic E-state index is 0.617. The molecule has 2 aromatic rings. The van der Waals surface area contributed by atoms with Crippen molar-refractivity contribution in [2.75, 3.05) is 13.6 Å². The van der Waals surface area contributed by atoms with E-state index in [2.05, 4.69) is 36.5 Å². The molecule has 0 radical (unpaired) electrons. The number of aromatic nitrogens is 1. The van der Waals surface area contributed by atoms with Crippen molar-refractivity contribution in [1.82, 2.24) is 10.3 Å². The molecule has 1 aliphatic rings. The van der Waals surface area contributed by atoms with Gasteiger partial charge < -0.3 is 5.32 Å². The first kappa shape index (κ1) is 13.8. The number of hydrogen-bond acceptors (Lipinski definition) is 3. The normalized spacial score (nSPS) is 18.0. The van der Waals surface area contributed by atoms with E-state index in [1.807, 2.05) is 18.4 Å². The number of rotatable bonds is 4. The molecule has 0 fully saturated rings. The summed E-state index contributed by atoms with van der Waals surface area (Å²) in [6.45, 7) is 3.21. The zero-order chi connectivity index (χ0) is 13.9. The van der Waals surface area contributed by atoms with Crippen molar-refractivity contribution >= 4 is 11.3 Å². The van der Waals surface area contributed by atoms with Crippen LogP contribution in [-0.4, -0.2) is 18.6 Å². The van der Waals surface area contributed by atoms with Crippen LogP contribution in [0.4, 0.5) is 0 Å². The molecule has 1 unspecified atom stereocenters. The average molecular weight is 286 g/mol. The third-order valence-corrected chi connectivity index (χ3v) is 5.13. The van der Waals surface area contributed by atoms with Gasteiger partial charge in [-0.1, -0.05) is 29.8 Å². The van der Waals surface area contributed by atoms with Gasteiger partial charge in [-0.3, -0.25) is 0 Å². The van der Waals surface area contributed by atoms with Gasteiger partial charge in [0.1, 0.15) is 0 Å². The Kier molecular flexibility index (Phi) is 4.18. The Hall–Kier alpha value is -1.19. The summed E-state index contributed by atoms with van der Waals surface area (Å²) in [6, 6.07) is 8.77. The van der Waals surface area contributed by atoms with Crippen LogP contribution in [0.1, 0.15) is 45.5 Å². The Balaban J connectivity index is 1.82. The summed E-state index contributed by atoms with van der Waals surface area (Å²) in [5.41, 5.74) is 4.08. The van der Waals surface area contributed by atoms with Gasteiger partial charge in [0.25, 0.3) is 0 Å². The van der Waals surface area contributed by atoms with Crippen molar-refractivity contribution in [2.45, 2.75) is 38.5 Å². The first-order valence-electron chi connectivity index (χ1n) is 7.45. The number of benzene rings is 1. The van der Waals surface area contributed by atoms with E-state index < -0.39 is 0 Å². The number of nitrogens with one attached hydrogen (secondary N) is 1. The standard InChI is InChI=1S/C17H22N2S/c1-12-5-3-6-13(9-12)10-16-19-17-14(11-18-2)7-4-8-15(17)20-16/h3,5-6,9,14,18H,4,7-8,10-11H2,1-2H3. The molecule has 1 N–H and O–H groups in total. The third-order valence-electron chi connectivity index (χ3n) is 4.00. The van der Waals surface area contributed by atoms with Crippen LogP contribution in [0.2, 0.25) is 0 Å². The van der Waals surface area contributed by atoms with Gasteiger partial charge in [-0.25, -0.2) is 4.98 Å². The van der Waals surface area contributed by atoms with E-state index in [1.165, 1.54) is 46.0 Å². The molecule has 1 atom stereocenters. The zero-order valence-corrected chi connectivity index (χ0v) is 13.1. The Bertz CT molecular complexity index is 588. The topological polar surface area (TPSA) is 24.9 Å². The molecular weight excluding hydrogens is 264 g/mol. The molecule has 0 bridgehead atoms. The maximum Gasteiger partial charge on any atom is 0.0975 e.